The van der Waals surface area contributed by atoms with Gasteiger partial charge >= 0.3 is 0 Å². The first-order valence-electron chi connectivity index (χ1n) is 5.73. The van der Waals surface area contributed by atoms with Gasteiger partial charge < -0.3 is 5.32 Å². The number of benzene rings is 1. The van der Waals surface area contributed by atoms with Crippen LogP contribution in [0.3, 0.4) is 0 Å². The maximum absolute atomic E-state index is 5.97. The molecule has 17 heavy (non-hydrogen) atoms. The molecule has 1 atom stereocenters. The highest BCUT2D eigenvalue weighted by molar-refractivity contribution is 6.18. The molecule has 1 aromatic heterocycles. The van der Waals surface area contributed by atoms with Crippen molar-refractivity contribution in [3.63, 3.8) is 0 Å². The van der Waals surface area contributed by atoms with Crippen molar-refractivity contribution < 1.29 is 0 Å². The molecule has 1 heterocycles. The van der Waals surface area contributed by atoms with Crippen LogP contribution in [0.2, 0.25) is 0 Å². The first-order chi connectivity index (χ1) is 8.17. The standard InChI is InChI=1S/C13H16ClN3/c1-3-13(2,9-14)17-12-8-15-10-6-4-5-7-11(10)16-12/h4-8H,3,9H2,1-2H3,(H,16,17). The zero-order valence-corrected chi connectivity index (χ0v) is 10.8. The Morgan fingerprint density at radius 3 is 2.65 bits per heavy atom. The summed E-state index contributed by atoms with van der Waals surface area (Å²) < 4.78 is 0. The summed E-state index contributed by atoms with van der Waals surface area (Å²) >= 11 is 5.97. The number of halogens is 1. The lowest BCUT2D eigenvalue weighted by Crippen LogP contribution is -2.36. The van der Waals surface area contributed by atoms with Crippen molar-refractivity contribution in [1.29, 1.82) is 0 Å². The Bertz CT molecular complexity index is 509. The van der Waals surface area contributed by atoms with Gasteiger partial charge in [-0.1, -0.05) is 19.1 Å². The molecular weight excluding hydrogens is 234 g/mol. The summed E-state index contributed by atoms with van der Waals surface area (Å²) in [7, 11) is 0. The SMILES string of the molecule is CCC(C)(CCl)Nc1cnc2ccccc2n1. The average molecular weight is 250 g/mol. The van der Waals surface area contributed by atoms with Crippen LogP contribution < -0.4 is 5.32 Å². The maximum atomic E-state index is 5.97. The third kappa shape index (κ3) is 2.67. The van der Waals surface area contributed by atoms with Gasteiger partial charge in [-0.15, -0.1) is 11.6 Å². The van der Waals surface area contributed by atoms with Crippen LogP contribution in [0.25, 0.3) is 11.0 Å². The van der Waals surface area contributed by atoms with Gasteiger partial charge in [0.2, 0.25) is 0 Å². The van der Waals surface area contributed by atoms with Gasteiger partial charge in [0.15, 0.2) is 0 Å². The second-order valence-electron chi connectivity index (χ2n) is 4.42. The van der Waals surface area contributed by atoms with E-state index in [2.05, 4.69) is 29.1 Å². The van der Waals surface area contributed by atoms with E-state index < -0.39 is 0 Å². The van der Waals surface area contributed by atoms with Gasteiger partial charge in [-0.25, -0.2) is 4.98 Å². The molecule has 1 unspecified atom stereocenters. The molecule has 90 valence electrons. The lowest BCUT2D eigenvalue weighted by atomic mass is 10.0. The summed E-state index contributed by atoms with van der Waals surface area (Å²) in [4.78, 5) is 8.89. The second-order valence-corrected chi connectivity index (χ2v) is 4.68. The molecule has 0 saturated heterocycles. The molecule has 0 fully saturated rings. The Hall–Kier alpha value is -1.35. The average Bonchev–Trinajstić information content (AvgIpc) is 2.38. The molecule has 0 aliphatic carbocycles. The normalized spacial score (nSPS) is 14.5. The Morgan fingerprint density at radius 1 is 1.29 bits per heavy atom. The molecule has 0 radical (unpaired) electrons. The fourth-order valence-electron chi connectivity index (χ4n) is 1.54. The maximum Gasteiger partial charge on any atom is 0.145 e. The van der Waals surface area contributed by atoms with Crippen molar-refractivity contribution in [3.8, 4) is 0 Å². The number of rotatable bonds is 4. The molecule has 0 aliphatic heterocycles. The van der Waals surface area contributed by atoms with Crippen LogP contribution in [-0.4, -0.2) is 21.4 Å². The fourth-order valence-corrected chi connectivity index (χ4v) is 1.80. The van der Waals surface area contributed by atoms with E-state index in [1.165, 1.54) is 0 Å². The highest BCUT2D eigenvalue weighted by Gasteiger charge is 2.20. The van der Waals surface area contributed by atoms with Crippen molar-refractivity contribution in [2.24, 2.45) is 0 Å². The topological polar surface area (TPSA) is 37.8 Å². The number of nitrogens with zero attached hydrogens (tertiary/aromatic N) is 2. The van der Waals surface area contributed by atoms with Crippen LogP contribution in [0.4, 0.5) is 5.82 Å². The van der Waals surface area contributed by atoms with Crippen molar-refractivity contribution >= 4 is 28.5 Å². The van der Waals surface area contributed by atoms with Gasteiger partial charge in [0.05, 0.1) is 17.2 Å². The minimum absolute atomic E-state index is 0.140. The molecule has 4 heteroatoms. The molecule has 1 aromatic carbocycles. The molecule has 0 bridgehead atoms. The minimum atomic E-state index is -0.140. The molecule has 2 aromatic rings. The summed E-state index contributed by atoms with van der Waals surface area (Å²) in [6.45, 7) is 4.18. The number of alkyl halides is 1. The number of nitrogens with one attached hydrogen (secondary N) is 1. The number of hydrogen-bond acceptors (Lipinski definition) is 3. The smallest absolute Gasteiger partial charge is 0.145 e. The third-order valence-electron chi connectivity index (χ3n) is 2.95. The van der Waals surface area contributed by atoms with Crippen LogP contribution in [-0.2, 0) is 0 Å². The highest BCUT2D eigenvalue weighted by Crippen LogP contribution is 2.19. The van der Waals surface area contributed by atoms with Crippen LogP contribution in [0, 0.1) is 0 Å². The predicted molar refractivity (Wildman–Crippen MR) is 72.6 cm³/mol. The Kier molecular flexibility index (Phi) is 3.48. The lowest BCUT2D eigenvalue weighted by Gasteiger charge is -2.27. The number of fused-ring (bicyclic) bond motifs is 1. The quantitative estimate of drug-likeness (QED) is 0.844. The molecular formula is C13H16ClN3. The predicted octanol–water partition coefficient (Wildman–Crippen LogP) is 3.45. The molecule has 0 spiro atoms. The second kappa shape index (κ2) is 4.88. The Labute approximate surface area is 106 Å². The van der Waals surface area contributed by atoms with Crippen LogP contribution in [0.5, 0.6) is 0 Å². The Morgan fingerprint density at radius 2 is 2.00 bits per heavy atom. The fraction of sp³-hybridized carbons (Fsp3) is 0.385. The molecule has 0 amide bonds. The van der Waals surface area contributed by atoms with Crippen LogP contribution in [0.1, 0.15) is 20.3 Å². The largest absolute Gasteiger partial charge is 0.362 e. The van der Waals surface area contributed by atoms with E-state index in [1.807, 2.05) is 24.3 Å². The summed E-state index contributed by atoms with van der Waals surface area (Å²) in [5.74, 6) is 1.31. The summed E-state index contributed by atoms with van der Waals surface area (Å²) in [5, 5.41) is 3.34. The molecule has 3 nitrogen and oxygen atoms in total. The van der Waals surface area contributed by atoms with Crippen molar-refractivity contribution in [1.82, 2.24) is 9.97 Å². The number of para-hydroxylation sites is 2. The number of aromatic nitrogens is 2. The lowest BCUT2D eigenvalue weighted by molar-refractivity contribution is 0.551. The van der Waals surface area contributed by atoms with Crippen molar-refractivity contribution in [2.45, 2.75) is 25.8 Å². The van der Waals surface area contributed by atoms with E-state index in [0.29, 0.717) is 5.88 Å². The van der Waals surface area contributed by atoms with E-state index in [4.69, 9.17) is 11.6 Å². The van der Waals surface area contributed by atoms with E-state index >= 15 is 0 Å². The van der Waals surface area contributed by atoms with Crippen molar-refractivity contribution in [3.05, 3.63) is 30.5 Å². The van der Waals surface area contributed by atoms with Gasteiger partial charge in [0.1, 0.15) is 5.82 Å². The summed E-state index contributed by atoms with van der Waals surface area (Å²) in [6.07, 6.45) is 2.69. The Balaban J connectivity index is 2.31. The zero-order valence-electron chi connectivity index (χ0n) is 10.1. The summed E-state index contributed by atoms with van der Waals surface area (Å²) in [5.41, 5.74) is 1.66. The van der Waals surface area contributed by atoms with Gasteiger partial charge in [0, 0.05) is 11.4 Å². The highest BCUT2D eigenvalue weighted by atomic mass is 35.5. The van der Waals surface area contributed by atoms with Crippen LogP contribution >= 0.6 is 11.6 Å². The summed E-state index contributed by atoms with van der Waals surface area (Å²) in [6, 6.07) is 7.82. The van der Waals surface area contributed by atoms with E-state index in [-0.39, 0.29) is 5.54 Å². The molecule has 1 N–H and O–H groups in total. The third-order valence-corrected chi connectivity index (χ3v) is 3.54. The van der Waals surface area contributed by atoms with E-state index in [9.17, 15) is 0 Å². The van der Waals surface area contributed by atoms with Gasteiger partial charge in [-0.2, -0.15) is 0 Å². The minimum Gasteiger partial charge on any atom is -0.362 e. The first kappa shape index (κ1) is 12.1. The zero-order chi connectivity index (χ0) is 12.3. The molecule has 0 saturated carbocycles. The van der Waals surface area contributed by atoms with Crippen molar-refractivity contribution in [2.75, 3.05) is 11.2 Å². The van der Waals surface area contributed by atoms with Gasteiger partial charge in [-0.05, 0) is 25.5 Å². The van der Waals surface area contributed by atoms with Gasteiger partial charge in [-0.3, -0.25) is 4.98 Å². The van der Waals surface area contributed by atoms with E-state index in [0.717, 1.165) is 23.3 Å². The first-order valence-corrected chi connectivity index (χ1v) is 6.26. The number of hydrogen-bond donors (Lipinski definition) is 1. The number of anilines is 1. The molecule has 2 rings (SSSR count). The van der Waals surface area contributed by atoms with E-state index in [1.54, 1.807) is 6.20 Å². The van der Waals surface area contributed by atoms with Crippen LogP contribution in [0.15, 0.2) is 30.5 Å². The monoisotopic (exact) mass is 249 g/mol. The van der Waals surface area contributed by atoms with Gasteiger partial charge in [0.25, 0.3) is 0 Å². The molecule has 0 aliphatic rings.